The van der Waals surface area contributed by atoms with E-state index in [0.717, 1.165) is 36.1 Å². The van der Waals surface area contributed by atoms with Crippen LogP contribution in [0.15, 0.2) is 54.6 Å². The fourth-order valence-corrected chi connectivity index (χ4v) is 5.15. The zero-order valence-corrected chi connectivity index (χ0v) is 25.8. The molecule has 11 nitrogen and oxygen atoms in total. The van der Waals surface area contributed by atoms with Gasteiger partial charge in [-0.2, -0.15) is 0 Å². The zero-order chi connectivity index (χ0) is 31.7. The molecule has 3 unspecified atom stereocenters. The molecule has 3 atom stereocenters. The van der Waals surface area contributed by atoms with Crippen molar-refractivity contribution in [2.45, 2.75) is 76.6 Å². The molecule has 1 fully saturated rings. The van der Waals surface area contributed by atoms with Crippen molar-refractivity contribution in [2.75, 3.05) is 33.4 Å². The number of methoxy groups -OCH3 is 1. The molecule has 1 aliphatic rings. The first-order chi connectivity index (χ1) is 21.3. The predicted octanol–water partition coefficient (Wildman–Crippen LogP) is 2.10. The molecule has 4 N–H and O–H groups in total. The van der Waals surface area contributed by atoms with E-state index in [9.17, 15) is 24.3 Å². The highest BCUT2D eigenvalue weighted by molar-refractivity contribution is 5.97. The van der Waals surface area contributed by atoms with E-state index in [-0.39, 0.29) is 31.9 Å². The van der Waals surface area contributed by atoms with Gasteiger partial charge in [0.2, 0.25) is 17.7 Å². The van der Waals surface area contributed by atoms with Crippen molar-refractivity contribution in [2.24, 2.45) is 0 Å². The molecule has 0 spiro atoms. The minimum absolute atomic E-state index is 0.0535. The summed E-state index contributed by atoms with van der Waals surface area (Å²) < 4.78 is 10.1. The summed E-state index contributed by atoms with van der Waals surface area (Å²) in [4.78, 5) is 52.9. The van der Waals surface area contributed by atoms with E-state index < -0.39 is 42.4 Å². The van der Waals surface area contributed by atoms with Gasteiger partial charge in [-0.25, -0.2) is 0 Å². The summed E-state index contributed by atoms with van der Waals surface area (Å²) in [6.07, 6.45) is 1.90. The Bertz CT molecular complexity index is 1200. The van der Waals surface area contributed by atoms with E-state index in [1.807, 2.05) is 54.6 Å². The van der Waals surface area contributed by atoms with Gasteiger partial charge in [-0.15, -0.1) is 0 Å². The molecule has 3 amide bonds. The lowest BCUT2D eigenvalue weighted by molar-refractivity contribution is -0.147. The molecular formula is C33H46N4O7. The molecule has 0 saturated carbocycles. The van der Waals surface area contributed by atoms with Crippen molar-refractivity contribution >= 4 is 23.7 Å². The van der Waals surface area contributed by atoms with E-state index in [4.69, 9.17) is 9.47 Å². The summed E-state index contributed by atoms with van der Waals surface area (Å²) in [7, 11) is 1.60. The number of aliphatic hydroxyl groups is 1. The molecule has 2 aromatic carbocycles. The molecular weight excluding hydrogens is 564 g/mol. The van der Waals surface area contributed by atoms with Gasteiger partial charge in [-0.1, -0.05) is 42.5 Å². The molecule has 0 aromatic heterocycles. The average molecular weight is 611 g/mol. The van der Waals surface area contributed by atoms with Crippen molar-refractivity contribution in [3.05, 3.63) is 65.7 Å². The second-order valence-corrected chi connectivity index (χ2v) is 10.9. The second kappa shape index (κ2) is 18.6. The first-order valence-corrected chi connectivity index (χ1v) is 15.4. The van der Waals surface area contributed by atoms with Crippen molar-refractivity contribution in [3.8, 4) is 5.75 Å². The number of ether oxygens (including phenoxy) is 2. The van der Waals surface area contributed by atoms with Gasteiger partial charge in [0.25, 0.3) is 0 Å². The number of esters is 1. The number of hydrogen-bond acceptors (Lipinski definition) is 8. The Morgan fingerprint density at radius 3 is 2.39 bits per heavy atom. The first kappa shape index (κ1) is 34.5. The number of nitrogens with one attached hydrogen (secondary N) is 3. The van der Waals surface area contributed by atoms with Gasteiger partial charge >= 0.3 is 5.97 Å². The fraction of sp³-hybridized carbons (Fsp3) is 0.515. The minimum atomic E-state index is -1.08. The standard InChI is InChI=1S/C33H46N4O7/c1-3-44-32(41)21-30(39)35-27(15-16-31(40)37-17-8-5-9-18-37)33(42)36-28(20-24-11-6-4-7-12-24)29(38)23-34-22-25-13-10-14-26(19-25)43-2/h4,6-7,10-14,19,27-29,34,38H,3,5,8-9,15-18,20-23H2,1-2H3,(H,35,39)(H,36,42). The highest BCUT2D eigenvalue weighted by Crippen LogP contribution is 2.14. The van der Waals surface area contributed by atoms with Crippen LogP contribution in [0, 0.1) is 0 Å². The average Bonchev–Trinajstić information content (AvgIpc) is 3.03. The number of piperidine rings is 1. The molecule has 3 rings (SSSR count). The molecule has 0 aliphatic carbocycles. The topological polar surface area (TPSA) is 146 Å². The van der Waals surface area contributed by atoms with Crippen LogP contribution in [0.1, 0.15) is 56.6 Å². The lowest BCUT2D eigenvalue weighted by Gasteiger charge is -2.29. The van der Waals surface area contributed by atoms with Gasteiger partial charge in [0.15, 0.2) is 0 Å². The van der Waals surface area contributed by atoms with Gasteiger partial charge in [-0.3, -0.25) is 19.2 Å². The van der Waals surface area contributed by atoms with Crippen LogP contribution < -0.4 is 20.7 Å². The number of carbonyl (C=O) groups is 4. The Morgan fingerprint density at radius 1 is 0.955 bits per heavy atom. The van der Waals surface area contributed by atoms with Crippen LogP contribution in [0.4, 0.5) is 0 Å². The molecule has 0 radical (unpaired) electrons. The van der Waals surface area contributed by atoms with Crippen molar-refractivity contribution in [1.29, 1.82) is 0 Å². The van der Waals surface area contributed by atoms with Crippen molar-refractivity contribution in [1.82, 2.24) is 20.9 Å². The maximum atomic E-state index is 13.6. The Hall–Kier alpha value is -3.96. The van der Waals surface area contributed by atoms with Crippen LogP contribution in [0.5, 0.6) is 5.75 Å². The Kier molecular flexibility index (Phi) is 14.6. The molecule has 0 bridgehead atoms. The van der Waals surface area contributed by atoms with Gasteiger partial charge in [0, 0.05) is 32.6 Å². The van der Waals surface area contributed by atoms with Crippen LogP contribution in [-0.2, 0) is 36.9 Å². The maximum Gasteiger partial charge on any atom is 0.315 e. The summed E-state index contributed by atoms with van der Waals surface area (Å²) in [5, 5.41) is 20.0. The van der Waals surface area contributed by atoms with Crippen LogP contribution in [0.2, 0.25) is 0 Å². The molecule has 240 valence electrons. The summed E-state index contributed by atoms with van der Waals surface area (Å²) >= 11 is 0. The smallest absolute Gasteiger partial charge is 0.315 e. The number of benzene rings is 2. The number of nitrogens with zero attached hydrogens (tertiary/aromatic N) is 1. The third-order valence-corrected chi connectivity index (χ3v) is 7.52. The quantitative estimate of drug-likeness (QED) is 0.157. The number of hydrogen-bond donors (Lipinski definition) is 4. The van der Waals surface area contributed by atoms with Crippen LogP contribution in [0.25, 0.3) is 0 Å². The Labute approximate surface area is 259 Å². The normalized spacial score (nSPS) is 15.0. The lowest BCUT2D eigenvalue weighted by Crippen LogP contribution is -2.55. The SMILES string of the molecule is CCOC(=O)CC(=O)NC(CCC(=O)N1CCCCC1)C(=O)NC(Cc1ccccc1)C(O)CNCc1cccc(OC)c1. The molecule has 1 heterocycles. The highest BCUT2D eigenvalue weighted by atomic mass is 16.5. The van der Waals surface area contributed by atoms with Gasteiger partial charge in [-0.05, 0) is 62.3 Å². The second-order valence-electron chi connectivity index (χ2n) is 10.9. The maximum absolute atomic E-state index is 13.6. The summed E-state index contributed by atoms with van der Waals surface area (Å²) in [6.45, 7) is 3.79. The number of likely N-dealkylation sites (tertiary alicyclic amines) is 1. The molecule has 1 saturated heterocycles. The summed E-state index contributed by atoms with van der Waals surface area (Å²) in [5.41, 5.74) is 1.88. The van der Waals surface area contributed by atoms with Crippen LogP contribution >= 0.6 is 0 Å². The number of rotatable bonds is 17. The van der Waals surface area contributed by atoms with Crippen LogP contribution in [-0.4, -0.2) is 85.2 Å². The predicted molar refractivity (Wildman–Crippen MR) is 166 cm³/mol. The lowest BCUT2D eigenvalue weighted by atomic mass is 9.99. The Balaban J connectivity index is 1.70. The fourth-order valence-electron chi connectivity index (χ4n) is 5.15. The van der Waals surface area contributed by atoms with E-state index in [2.05, 4.69) is 16.0 Å². The highest BCUT2D eigenvalue weighted by Gasteiger charge is 2.29. The third-order valence-electron chi connectivity index (χ3n) is 7.52. The molecule has 1 aliphatic heterocycles. The van der Waals surface area contributed by atoms with E-state index in [1.165, 1.54) is 0 Å². The number of carbonyl (C=O) groups excluding carboxylic acids is 4. The van der Waals surface area contributed by atoms with Crippen LogP contribution in [0.3, 0.4) is 0 Å². The molecule has 2 aromatic rings. The Morgan fingerprint density at radius 2 is 1.68 bits per heavy atom. The largest absolute Gasteiger partial charge is 0.497 e. The van der Waals surface area contributed by atoms with Gasteiger partial charge in [0.1, 0.15) is 18.2 Å². The van der Waals surface area contributed by atoms with E-state index in [1.54, 1.807) is 18.9 Å². The molecule has 11 heteroatoms. The summed E-state index contributed by atoms with van der Waals surface area (Å²) in [6, 6.07) is 15.3. The zero-order valence-electron chi connectivity index (χ0n) is 25.8. The number of amides is 3. The van der Waals surface area contributed by atoms with Crippen molar-refractivity contribution in [3.63, 3.8) is 0 Å². The first-order valence-electron chi connectivity index (χ1n) is 15.4. The van der Waals surface area contributed by atoms with E-state index in [0.29, 0.717) is 26.1 Å². The molecule has 44 heavy (non-hydrogen) atoms. The van der Waals surface area contributed by atoms with Gasteiger partial charge in [0.05, 0.1) is 25.9 Å². The monoisotopic (exact) mass is 610 g/mol. The van der Waals surface area contributed by atoms with Gasteiger partial charge < -0.3 is 35.4 Å². The minimum Gasteiger partial charge on any atom is -0.497 e. The number of aliphatic hydroxyl groups excluding tert-OH is 1. The third kappa shape index (κ3) is 12.0. The summed E-state index contributed by atoms with van der Waals surface area (Å²) in [5.74, 6) is -1.26. The van der Waals surface area contributed by atoms with Crippen molar-refractivity contribution < 1.29 is 33.8 Å². The van der Waals surface area contributed by atoms with E-state index >= 15 is 0 Å².